The molecule has 5 aromatic rings. The van der Waals surface area contributed by atoms with Gasteiger partial charge in [0.15, 0.2) is 0 Å². The number of aromatic hydroxyl groups is 1. The van der Waals surface area contributed by atoms with Crippen molar-refractivity contribution >= 4 is 45.8 Å². The Balaban J connectivity index is 0.000000231. The maximum Gasteiger partial charge on any atom is 0.141 e. The van der Waals surface area contributed by atoms with Crippen LogP contribution in [0.15, 0.2) is 79.0 Å². The van der Waals surface area contributed by atoms with E-state index in [1.165, 1.54) is 0 Å². The molecule has 0 bridgehead atoms. The molecule has 0 radical (unpaired) electrons. The molecule has 4 aromatic carbocycles. The Labute approximate surface area is 224 Å². The molecule has 168 valence electrons. The van der Waals surface area contributed by atoms with Gasteiger partial charge in [-0.15, -0.1) is 0 Å². The summed E-state index contributed by atoms with van der Waals surface area (Å²) in [7, 11) is 0. The Morgan fingerprint density at radius 1 is 0.848 bits per heavy atom. The van der Waals surface area contributed by atoms with Gasteiger partial charge in [-0.2, -0.15) is 0 Å². The minimum absolute atomic E-state index is 0. The molecule has 0 saturated carbocycles. The number of rotatable bonds is 2. The molecule has 5 rings (SSSR count). The molecule has 0 unspecified atom stereocenters. The largest absolute Gasteiger partial charge is 0.999 e. The molecule has 0 fully saturated rings. The number of thiocarbonyl (C=S) groups is 1. The van der Waals surface area contributed by atoms with Gasteiger partial charge in [-0.05, 0) is 28.6 Å². The summed E-state index contributed by atoms with van der Waals surface area (Å²) in [6.07, 6.45) is 1.67. The maximum atomic E-state index is 9.31. The molecule has 7 heteroatoms. The Morgan fingerprint density at radius 2 is 1.42 bits per heavy atom. The standard InChI is InChI=1S/C9H7NO.C7H8N2S2.2C5H.Zr/c11-8-5-1-3-7-4-2-6-10-9(7)8;10-7(11)9-8-6-4-2-1-3-5-6;2*1-2-4-5-3-1;/h1-6,11H;1-5,8H,(H2,9,10,11);2*1H;/q;;2*-5;/p-1. The van der Waals surface area contributed by atoms with Gasteiger partial charge in [-0.3, -0.25) is 4.98 Å². The normalized spacial score (nSPS) is 8.73. The number of phenols is 1. The Bertz CT molecular complexity index is 1050. The number of nitrogens with one attached hydrogen (secondary N) is 2. The molecule has 0 atom stereocenters. The van der Waals surface area contributed by atoms with E-state index in [0.717, 1.165) is 11.1 Å². The van der Waals surface area contributed by atoms with Crippen LogP contribution in [0, 0.1) is 48.5 Å². The molecule has 1 heterocycles. The zero-order valence-electron chi connectivity index (χ0n) is 17.2. The zero-order chi connectivity index (χ0) is 22.9. The molecule has 0 saturated heterocycles. The summed E-state index contributed by atoms with van der Waals surface area (Å²) in [6.45, 7) is 0. The fraction of sp³-hybridized carbons (Fsp3) is 0. The van der Waals surface area contributed by atoms with Crippen molar-refractivity contribution in [3.05, 3.63) is 128 Å². The topological polar surface area (TPSA) is 57.2 Å². The van der Waals surface area contributed by atoms with Crippen LogP contribution in [0.1, 0.15) is 0 Å². The number of aromatic nitrogens is 1. The number of para-hydroxylation sites is 2. The molecule has 33 heavy (non-hydrogen) atoms. The zero-order valence-corrected chi connectivity index (χ0v) is 21.3. The van der Waals surface area contributed by atoms with E-state index in [0.29, 0.717) is 9.84 Å². The third-order valence-electron chi connectivity index (χ3n) is 3.40. The van der Waals surface area contributed by atoms with E-state index >= 15 is 0 Å². The number of hydrogen-bond acceptors (Lipinski definition) is 5. The number of hydrogen-bond donors (Lipinski definition) is 3. The van der Waals surface area contributed by atoms with E-state index in [1.807, 2.05) is 48.5 Å². The van der Waals surface area contributed by atoms with Gasteiger partial charge in [0.25, 0.3) is 0 Å². The van der Waals surface area contributed by atoms with E-state index < -0.39 is 0 Å². The summed E-state index contributed by atoms with van der Waals surface area (Å²) in [5, 5.41) is 10.3. The second-order valence-electron chi connectivity index (χ2n) is 5.62. The van der Waals surface area contributed by atoms with Crippen molar-refractivity contribution in [2.75, 3.05) is 5.43 Å². The Hall–Kier alpha value is -2.86. The van der Waals surface area contributed by atoms with Crippen LogP contribution in [0.5, 0.6) is 5.75 Å². The number of anilines is 1. The monoisotopic (exact) mass is 540 g/mol. The van der Waals surface area contributed by atoms with Crippen LogP contribution in [-0.4, -0.2) is 14.4 Å². The predicted molar refractivity (Wildman–Crippen MR) is 131 cm³/mol. The van der Waals surface area contributed by atoms with Gasteiger partial charge in [-0.1, -0.05) is 36.4 Å². The summed E-state index contributed by atoms with van der Waals surface area (Å²) in [5.74, 6) is 0.239. The second-order valence-corrected chi connectivity index (χ2v) is 6.70. The van der Waals surface area contributed by atoms with Crippen LogP contribution in [0.4, 0.5) is 5.69 Å². The van der Waals surface area contributed by atoms with Crippen molar-refractivity contribution in [3.63, 3.8) is 0 Å². The first kappa shape index (κ1) is 28.2. The first-order valence-corrected chi connectivity index (χ1v) is 9.94. The molecular weight excluding hydrogens is 526 g/mol. The van der Waals surface area contributed by atoms with Gasteiger partial charge in [0, 0.05) is 37.8 Å². The van der Waals surface area contributed by atoms with Crippen LogP contribution in [0.2, 0.25) is 0 Å². The molecule has 4 nitrogen and oxygen atoms in total. The molecule has 0 amide bonds. The fourth-order valence-electron chi connectivity index (χ4n) is 2.09. The van der Waals surface area contributed by atoms with Crippen molar-refractivity contribution in [2.24, 2.45) is 0 Å². The van der Waals surface area contributed by atoms with Crippen molar-refractivity contribution in [1.82, 2.24) is 10.4 Å². The number of phenolic OH excluding ortho intramolecular Hbond substituents is 1. The molecule has 0 aliphatic rings. The average Bonchev–Trinajstić information content (AvgIpc) is 3.59. The third kappa shape index (κ3) is 12.7. The SMILES string of the molecule is Oc1cccc2cccnc12.S=C([S-])NNc1ccccc1.[Zr].[c-]1[c-][c-][cH-][c-]1.[c-]1[c-][c-][cH-][c-]1. The summed E-state index contributed by atoms with van der Waals surface area (Å²) in [6, 6.07) is 42.8. The first-order valence-electron chi connectivity index (χ1n) is 9.13. The van der Waals surface area contributed by atoms with Crippen molar-refractivity contribution in [2.45, 2.75) is 0 Å². The molecule has 0 aliphatic carbocycles. The van der Waals surface area contributed by atoms with Gasteiger partial charge in [0.05, 0.1) is 5.69 Å². The van der Waals surface area contributed by atoms with E-state index in [-0.39, 0.29) is 32.0 Å². The van der Waals surface area contributed by atoms with Crippen LogP contribution in [0.25, 0.3) is 10.9 Å². The van der Waals surface area contributed by atoms with Gasteiger partial charge >= 0.3 is 0 Å². The summed E-state index contributed by atoms with van der Waals surface area (Å²) < 4.78 is 0.314. The van der Waals surface area contributed by atoms with E-state index in [2.05, 4.69) is 89.2 Å². The van der Waals surface area contributed by atoms with Crippen molar-refractivity contribution < 1.29 is 31.3 Å². The quantitative estimate of drug-likeness (QED) is 0.132. The number of pyridine rings is 1. The summed E-state index contributed by atoms with van der Waals surface area (Å²) in [5.41, 5.74) is 7.11. The number of benzene rings is 2. The van der Waals surface area contributed by atoms with Crippen LogP contribution >= 0.6 is 12.2 Å². The third-order valence-corrected chi connectivity index (χ3v) is 3.60. The fourth-order valence-corrected chi connectivity index (χ4v) is 2.20. The molecule has 3 N–H and O–H groups in total. The average molecular weight is 542 g/mol. The molecular formula is C26H16N3OS2Zr-11. The van der Waals surface area contributed by atoms with Crippen molar-refractivity contribution in [1.29, 1.82) is 0 Å². The van der Waals surface area contributed by atoms with Crippen molar-refractivity contribution in [3.8, 4) is 5.75 Å². The minimum Gasteiger partial charge on any atom is -0.999 e. The maximum absolute atomic E-state index is 9.31. The smallest absolute Gasteiger partial charge is 0.141 e. The van der Waals surface area contributed by atoms with Gasteiger partial charge < -0.3 is 101 Å². The molecule has 0 spiro atoms. The first-order chi connectivity index (χ1) is 15.7. The number of nitrogens with zero attached hydrogens (tertiary/aromatic N) is 1. The number of fused-ring (bicyclic) bond motifs is 1. The van der Waals surface area contributed by atoms with E-state index in [1.54, 1.807) is 30.5 Å². The Morgan fingerprint density at radius 3 is 1.91 bits per heavy atom. The van der Waals surface area contributed by atoms with Gasteiger partial charge in [0.1, 0.15) is 11.3 Å². The Kier molecular flexibility index (Phi) is 15.1. The van der Waals surface area contributed by atoms with E-state index in [4.69, 9.17) is 0 Å². The predicted octanol–water partition coefficient (Wildman–Crippen LogP) is 4.59. The summed E-state index contributed by atoms with van der Waals surface area (Å²) >= 11 is 9.27. The van der Waals surface area contributed by atoms with E-state index in [9.17, 15) is 5.11 Å². The molecule has 1 aromatic heterocycles. The second kappa shape index (κ2) is 17.7. The van der Waals surface area contributed by atoms with Crippen LogP contribution in [0.3, 0.4) is 0 Å². The molecule has 0 aliphatic heterocycles. The van der Waals surface area contributed by atoms with Crippen LogP contribution in [-0.2, 0) is 38.8 Å². The van der Waals surface area contributed by atoms with Gasteiger partial charge in [0.2, 0.25) is 0 Å². The number of hydrazine groups is 1. The minimum atomic E-state index is 0. The van der Waals surface area contributed by atoms with Crippen LogP contribution < -0.4 is 10.9 Å². The van der Waals surface area contributed by atoms with Gasteiger partial charge in [-0.25, -0.2) is 0 Å². The summed E-state index contributed by atoms with van der Waals surface area (Å²) in [4.78, 5) is 4.03.